The molecule has 0 aliphatic rings. The summed E-state index contributed by atoms with van der Waals surface area (Å²) in [6, 6.07) is 0. The molecule has 0 N–H and O–H groups in total. The highest BCUT2D eigenvalue weighted by atomic mass is 15.4. The van der Waals surface area contributed by atoms with Crippen molar-refractivity contribution >= 4 is 0 Å². The van der Waals surface area contributed by atoms with Gasteiger partial charge < -0.3 is 0 Å². The van der Waals surface area contributed by atoms with Gasteiger partial charge in [-0.2, -0.15) is 0 Å². The largest absolute Gasteiger partial charge is 0.293 e. The van der Waals surface area contributed by atoms with E-state index in [9.17, 15) is 0 Å². The number of hydrogen-bond acceptors (Lipinski definition) is 4. The van der Waals surface area contributed by atoms with Crippen LogP contribution in [-0.4, -0.2) is 79.9 Å². The van der Waals surface area contributed by atoms with Crippen molar-refractivity contribution < 1.29 is 0 Å². The quantitative estimate of drug-likeness (QED) is 0.437. The number of rotatable bonds is 14. The summed E-state index contributed by atoms with van der Waals surface area (Å²) >= 11 is 0. The fourth-order valence-electron chi connectivity index (χ4n) is 3.68. The molecule has 25 heavy (non-hydrogen) atoms. The average molecular weight is 357 g/mol. The Hall–Kier alpha value is -0.160. The lowest BCUT2D eigenvalue weighted by Crippen LogP contribution is -2.49. The van der Waals surface area contributed by atoms with Crippen LogP contribution in [0.4, 0.5) is 0 Å². The first-order valence-corrected chi connectivity index (χ1v) is 10.3. The number of nitrogens with zero attached hydrogens (tertiary/aromatic N) is 4. The Morgan fingerprint density at radius 1 is 0.440 bits per heavy atom. The fraction of sp³-hybridized carbons (Fsp3) is 1.00. The van der Waals surface area contributed by atoms with Gasteiger partial charge in [-0.15, -0.1) is 0 Å². The maximum atomic E-state index is 2.62. The summed E-state index contributed by atoms with van der Waals surface area (Å²) in [5, 5.41) is 0. The minimum atomic E-state index is 0.696. The maximum absolute atomic E-state index is 2.62. The van der Waals surface area contributed by atoms with E-state index in [-0.39, 0.29) is 0 Å². The molecule has 0 fully saturated rings. The van der Waals surface area contributed by atoms with E-state index in [1.54, 1.807) is 0 Å². The molecule has 0 unspecified atom stereocenters. The molecule has 0 spiro atoms. The third kappa shape index (κ3) is 14.7. The SMILES string of the molecule is CC(C)CN(C)CN(CC(C)C)CN(CC(C)C)CN(C)CC(C)C. The van der Waals surface area contributed by atoms with Crippen molar-refractivity contribution in [3.63, 3.8) is 0 Å². The topological polar surface area (TPSA) is 13.0 Å². The highest BCUT2D eigenvalue weighted by Gasteiger charge is 2.17. The molecule has 152 valence electrons. The predicted molar refractivity (Wildman–Crippen MR) is 113 cm³/mol. The molecule has 0 radical (unpaired) electrons. The van der Waals surface area contributed by atoms with Crippen molar-refractivity contribution in [2.75, 3.05) is 60.3 Å². The second-order valence-corrected chi connectivity index (χ2v) is 9.78. The van der Waals surface area contributed by atoms with Crippen LogP contribution in [0.15, 0.2) is 0 Å². The first-order valence-electron chi connectivity index (χ1n) is 10.3. The van der Waals surface area contributed by atoms with E-state index < -0.39 is 0 Å². The van der Waals surface area contributed by atoms with E-state index >= 15 is 0 Å². The predicted octanol–water partition coefficient (Wildman–Crippen LogP) is 3.95. The molecule has 0 saturated carbocycles. The molecule has 0 aromatic carbocycles. The lowest BCUT2D eigenvalue weighted by molar-refractivity contribution is 0.0330. The van der Waals surface area contributed by atoms with Crippen molar-refractivity contribution in [2.45, 2.75) is 55.4 Å². The highest BCUT2D eigenvalue weighted by Crippen LogP contribution is 2.08. The van der Waals surface area contributed by atoms with Crippen LogP contribution >= 0.6 is 0 Å². The molecule has 0 atom stereocenters. The van der Waals surface area contributed by atoms with Gasteiger partial charge >= 0.3 is 0 Å². The summed E-state index contributed by atoms with van der Waals surface area (Å²) < 4.78 is 0. The molecule has 0 heterocycles. The van der Waals surface area contributed by atoms with Crippen molar-refractivity contribution in [1.82, 2.24) is 19.6 Å². The highest BCUT2D eigenvalue weighted by molar-refractivity contribution is 4.66. The van der Waals surface area contributed by atoms with Crippen LogP contribution < -0.4 is 0 Å². The summed E-state index contributed by atoms with van der Waals surface area (Å²) in [6.07, 6.45) is 0. The van der Waals surface area contributed by atoms with Gasteiger partial charge in [0.25, 0.3) is 0 Å². The molecule has 0 aromatic rings. The Bertz CT molecular complexity index is 285. The van der Waals surface area contributed by atoms with E-state index in [0.717, 1.165) is 58.0 Å². The minimum Gasteiger partial charge on any atom is -0.293 e. The average Bonchev–Trinajstić information content (AvgIpc) is 2.33. The lowest BCUT2D eigenvalue weighted by Gasteiger charge is -2.37. The van der Waals surface area contributed by atoms with E-state index in [2.05, 4.69) is 89.1 Å². The van der Waals surface area contributed by atoms with Gasteiger partial charge in [0, 0.05) is 26.2 Å². The first kappa shape index (κ1) is 24.8. The normalized spacial score (nSPS) is 13.2. The van der Waals surface area contributed by atoms with Crippen LogP contribution in [0, 0.1) is 23.7 Å². The Labute approximate surface area is 159 Å². The zero-order chi connectivity index (χ0) is 19.6. The summed E-state index contributed by atoms with van der Waals surface area (Å²) in [5.74, 6) is 2.83. The van der Waals surface area contributed by atoms with Gasteiger partial charge in [-0.1, -0.05) is 55.4 Å². The van der Waals surface area contributed by atoms with E-state index in [1.807, 2.05) is 0 Å². The van der Waals surface area contributed by atoms with Gasteiger partial charge in [0.05, 0.1) is 20.0 Å². The van der Waals surface area contributed by atoms with Gasteiger partial charge in [-0.25, -0.2) is 0 Å². The van der Waals surface area contributed by atoms with Crippen LogP contribution in [0.2, 0.25) is 0 Å². The first-order chi connectivity index (χ1) is 11.5. The standard InChI is InChI=1S/C21H48N4/c1-18(2)11-22(9)15-24(13-20(5)6)17-25(14-21(7)8)16-23(10)12-19(3)4/h18-21H,11-17H2,1-10H3. The van der Waals surface area contributed by atoms with Crippen LogP contribution in [0.5, 0.6) is 0 Å². The second kappa shape index (κ2) is 13.1. The Morgan fingerprint density at radius 2 is 0.720 bits per heavy atom. The van der Waals surface area contributed by atoms with Crippen LogP contribution in [0.1, 0.15) is 55.4 Å². The third-order valence-electron chi connectivity index (χ3n) is 3.88. The van der Waals surface area contributed by atoms with E-state index in [4.69, 9.17) is 0 Å². The molecule has 0 saturated heterocycles. The molecular formula is C21H48N4. The third-order valence-corrected chi connectivity index (χ3v) is 3.88. The summed E-state index contributed by atoms with van der Waals surface area (Å²) in [7, 11) is 4.51. The van der Waals surface area contributed by atoms with Crippen molar-refractivity contribution in [3.05, 3.63) is 0 Å². The molecule has 0 aliphatic heterocycles. The maximum Gasteiger partial charge on any atom is 0.0530 e. The molecule has 0 bridgehead atoms. The van der Waals surface area contributed by atoms with Crippen molar-refractivity contribution in [1.29, 1.82) is 0 Å². The van der Waals surface area contributed by atoms with Gasteiger partial charge in [0.1, 0.15) is 0 Å². The molecule has 0 aromatic heterocycles. The van der Waals surface area contributed by atoms with Crippen molar-refractivity contribution in [2.24, 2.45) is 23.7 Å². The summed E-state index contributed by atoms with van der Waals surface area (Å²) in [6.45, 7) is 26.3. The molecular weight excluding hydrogens is 308 g/mol. The van der Waals surface area contributed by atoms with Crippen molar-refractivity contribution in [3.8, 4) is 0 Å². The molecule has 0 amide bonds. The fourth-order valence-corrected chi connectivity index (χ4v) is 3.68. The van der Waals surface area contributed by atoms with Crippen LogP contribution in [-0.2, 0) is 0 Å². The summed E-state index contributed by atoms with van der Waals surface area (Å²) in [5.41, 5.74) is 0. The minimum absolute atomic E-state index is 0.696. The Balaban J connectivity index is 4.85. The van der Waals surface area contributed by atoms with Crippen LogP contribution in [0.25, 0.3) is 0 Å². The Kier molecular flexibility index (Phi) is 13.0. The Morgan fingerprint density at radius 3 is 0.960 bits per heavy atom. The van der Waals surface area contributed by atoms with E-state index in [1.165, 1.54) is 0 Å². The van der Waals surface area contributed by atoms with E-state index in [0.29, 0.717) is 11.8 Å². The molecule has 4 heteroatoms. The zero-order valence-corrected chi connectivity index (χ0v) is 19.0. The number of hydrogen-bond donors (Lipinski definition) is 0. The smallest absolute Gasteiger partial charge is 0.0530 e. The summed E-state index contributed by atoms with van der Waals surface area (Å²) in [4.78, 5) is 10.2. The monoisotopic (exact) mass is 356 g/mol. The van der Waals surface area contributed by atoms with Gasteiger partial charge in [0.2, 0.25) is 0 Å². The zero-order valence-electron chi connectivity index (χ0n) is 19.0. The van der Waals surface area contributed by atoms with Crippen LogP contribution in [0.3, 0.4) is 0 Å². The lowest BCUT2D eigenvalue weighted by atomic mass is 10.2. The van der Waals surface area contributed by atoms with Gasteiger partial charge in [-0.3, -0.25) is 19.6 Å². The van der Waals surface area contributed by atoms with Gasteiger partial charge in [-0.05, 0) is 37.8 Å². The molecule has 0 aliphatic carbocycles. The molecule has 4 nitrogen and oxygen atoms in total. The van der Waals surface area contributed by atoms with Gasteiger partial charge in [0.15, 0.2) is 0 Å². The molecule has 0 rings (SSSR count). The second-order valence-electron chi connectivity index (χ2n) is 9.78.